The summed E-state index contributed by atoms with van der Waals surface area (Å²) in [7, 11) is 0. The van der Waals surface area contributed by atoms with Crippen molar-refractivity contribution in [2.75, 3.05) is 0 Å². The molecule has 1 heterocycles. The molecule has 2 aromatic rings. The Hall–Kier alpha value is -1.39. The zero-order valence-electron chi connectivity index (χ0n) is 10.5. The van der Waals surface area contributed by atoms with Crippen LogP contribution in [0.1, 0.15) is 31.5 Å². The largest absolute Gasteiger partial charge is 0.379 e. The third kappa shape index (κ3) is 2.26. The summed E-state index contributed by atoms with van der Waals surface area (Å²) in [6, 6.07) is 7.26. The zero-order chi connectivity index (χ0) is 13.2. The van der Waals surface area contributed by atoms with E-state index in [-0.39, 0.29) is 0 Å². The second-order valence-electron chi connectivity index (χ2n) is 4.39. The number of hydrogen-bond donors (Lipinski definition) is 1. The van der Waals surface area contributed by atoms with Crippen molar-refractivity contribution < 1.29 is 5.11 Å². The normalized spacial score (nSPS) is 14.4. The molecule has 1 aromatic heterocycles. The summed E-state index contributed by atoms with van der Waals surface area (Å²) in [5.74, 6) is 0. The van der Waals surface area contributed by atoms with Crippen LogP contribution in [-0.4, -0.2) is 20.1 Å². The van der Waals surface area contributed by atoms with Crippen LogP contribution in [0.4, 0.5) is 0 Å². The number of halogens is 1. The number of aliphatic hydroxyl groups is 1. The standard InChI is InChI=1S/C13H16ClN3O/c1-3-8-17-12(9-15-16-17)13(2,18)10-6-4-5-7-11(10)14/h4-7,9,18H,3,8H2,1-2H3. The Morgan fingerprint density at radius 1 is 1.39 bits per heavy atom. The van der Waals surface area contributed by atoms with Gasteiger partial charge < -0.3 is 5.11 Å². The molecule has 0 aliphatic carbocycles. The van der Waals surface area contributed by atoms with Crippen LogP contribution in [0.2, 0.25) is 5.02 Å². The van der Waals surface area contributed by atoms with E-state index in [1.54, 1.807) is 23.9 Å². The highest BCUT2D eigenvalue weighted by atomic mass is 35.5. The van der Waals surface area contributed by atoms with E-state index in [4.69, 9.17) is 11.6 Å². The van der Waals surface area contributed by atoms with Crippen molar-refractivity contribution in [3.63, 3.8) is 0 Å². The maximum Gasteiger partial charge on any atom is 0.131 e. The van der Waals surface area contributed by atoms with Crippen molar-refractivity contribution in [2.45, 2.75) is 32.4 Å². The van der Waals surface area contributed by atoms with Crippen molar-refractivity contribution in [3.8, 4) is 0 Å². The fourth-order valence-electron chi connectivity index (χ4n) is 2.01. The number of rotatable bonds is 4. The minimum Gasteiger partial charge on any atom is -0.379 e. The van der Waals surface area contributed by atoms with Gasteiger partial charge in [0.15, 0.2) is 0 Å². The topological polar surface area (TPSA) is 50.9 Å². The van der Waals surface area contributed by atoms with Gasteiger partial charge in [0.25, 0.3) is 0 Å². The quantitative estimate of drug-likeness (QED) is 0.924. The molecule has 2 rings (SSSR count). The number of aryl methyl sites for hydroxylation is 1. The molecule has 0 spiro atoms. The molecule has 0 saturated heterocycles. The SMILES string of the molecule is CCCn1nncc1C(C)(O)c1ccccc1Cl. The highest BCUT2D eigenvalue weighted by molar-refractivity contribution is 6.31. The van der Waals surface area contributed by atoms with Crippen LogP contribution in [0.25, 0.3) is 0 Å². The lowest BCUT2D eigenvalue weighted by molar-refractivity contribution is 0.0915. The summed E-state index contributed by atoms with van der Waals surface area (Å²) in [5.41, 5.74) is 0.112. The fourth-order valence-corrected chi connectivity index (χ4v) is 2.33. The Kier molecular flexibility index (Phi) is 3.68. The molecule has 18 heavy (non-hydrogen) atoms. The summed E-state index contributed by atoms with van der Waals surface area (Å²) < 4.78 is 1.71. The van der Waals surface area contributed by atoms with Gasteiger partial charge in [-0.2, -0.15) is 0 Å². The predicted octanol–water partition coefficient (Wildman–Crippen LogP) is 2.60. The maximum atomic E-state index is 10.7. The van der Waals surface area contributed by atoms with E-state index in [0.717, 1.165) is 13.0 Å². The first-order valence-corrected chi connectivity index (χ1v) is 6.31. The number of benzene rings is 1. The van der Waals surface area contributed by atoms with Gasteiger partial charge in [-0.15, -0.1) is 5.10 Å². The second-order valence-corrected chi connectivity index (χ2v) is 4.80. The van der Waals surface area contributed by atoms with Gasteiger partial charge in [-0.3, -0.25) is 0 Å². The van der Waals surface area contributed by atoms with Crippen molar-refractivity contribution in [3.05, 3.63) is 46.7 Å². The Morgan fingerprint density at radius 2 is 2.11 bits per heavy atom. The Morgan fingerprint density at radius 3 is 2.78 bits per heavy atom. The smallest absolute Gasteiger partial charge is 0.131 e. The Balaban J connectivity index is 2.47. The van der Waals surface area contributed by atoms with Gasteiger partial charge >= 0.3 is 0 Å². The molecule has 96 valence electrons. The van der Waals surface area contributed by atoms with E-state index < -0.39 is 5.60 Å². The average molecular weight is 266 g/mol. The Bertz CT molecular complexity index is 537. The summed E-state index contributed by atoms with van der Waals surface area (Å²) in [6.07, 6.45) is 2.51. The molecule has 4 nitrogen and oxygen atoms in total. The fraction of sp³-hybridized carbons (Fsp3) is 0.385. The third-order valence-corrected chi connectivity index (χ3v) is 3.28. The van der Waals surface area contributed by atoms with Crippen LogP contribution in [0.15, 0.2) is 30.5 Å². The molecule has 1 atom stereocenters. The van der Waals surface area contributed by atoms with Crippen molar-refractivity contribution in [2.24, 2.45) is 0 Å². The minimum atomic E-state index is -1.20. The lowest BCUT2D eigenvalue weighted by Crippen LogP contribution is -2.27. The average Bonchev–Trinajstić information content (AvgIpc) is 2.79. The third-order valence-electron chi connectivity index (χ3n) is 2.95. The van der Waals surface area contributed by atoms with Gasteiger partial charge in [-0.1, -0.05) is 41.9 Å². The van der Waals surface area contributed by atoms with E-state index in [1.807, 2.05) is 18.2 Å². The maximum absolute atomic E-state index is 10.7. The van der Waals surface area contributed by atoms with Gasteiger partial charge in [0.1, 0.15) is 5.60 Å². The molecule has 0 fully saturated rings. The highest BCUT2D eigenvalue weighted by Gasteiger charge is 2.31. The van der Waals surface area contributed by atoms with Crippen LogP contribution in [0.5, 0.6) is 0 Å². The zero-order valence-corrected chi connectivity index (χ0v) is 11.2. The number of hydrogen-bond acceptors (Lipinski definition) is 3. The van der Waals surface area contributed by atoms with Crippen LogP contribution in [0.3, 0.4) is 0 Å². The predicted molar refractivity (Wildman–Crippen MR) is 70.4 cm³/mol. The van der Waals surface area contributed by atoms with Gasteiger partial charge in [0.05, 0.1) is 11.9 Å². The summed E-state index contributed by atoms with van der Waals surface area (Å²) >= 11 is 6.14. The van der Waals surface area contributed by atoms with E-state index >= 15 is 0 Å². The number of nitrogens with zero attached hydrogens (tertiary/aromatic N) is 3. The molecule has 0 saturated carbocycles. The molecular formula is C13H16ClN3O. The van der Waals surface area contributed by atoms with Crippen LogP contribution in [0, 0.1) is 0 Å². The second kappa shape index (κ2) is 5.08. The molecular weight excluding hydrogens is 250 g/mol. The molecule has 0 bridgehead atoms. The van der Waals surface area contributed by atoms with Crippen LogP contribution < -0.4 is 0 Å². The lowest BCUT2D eigenvalue weighted by atomic mass is 9.92. The van der Waals surface area contributed by atoms with E-state index in [9.17, 15) is 5.11 Å². The first-order chi connectivity index (χ1) is 8.57. The van der Waals surface area contributed by atoms with Gasteiger partial charge in [0, 0.05) is 17.1 Å². The summed E-state index contributed by atoms with van der Waals surface area (Å²) in [5, 5.41) is 19.1. The monoisotopic (exact) mass is 265 g/mol. The van der Waals surface area contributed by atoms with E-state index in [1.165, 1.54) is 0 Å². The van der Waals surface area contributed by atoms with E-state index in [0.29, 0.717) is 16.3 Å². The van der Waals surface area contributed by atoms with E-state index in [2.05, 4.69) is 17.2 Å². The summed E-state index contributed by atoms with van der Waals surface area (Å²) in [4.78, 5) is 0. The molecule has 0 aliphatic rings. The van der Waals surface area contributed by atoms with Crippen LogP contribution in [-0.2, 0) is 12.1 Å². The minimum absolute atomic E-state index is 0.534. The molecule has 0 radical (unpaired) electrons. The highest BCUT2D eigenvalue weighted by Crippen LogP contribution is 2.33. The van der Waals surface area contributed by atoms with Crippen molar-refractivity contribution >= 4 is 11.6 Å². The first-order valence-electron chi connectivity index (χ1n) is 5.93. The molecule has 1 aromatic carbocycles. The molecule has 0 aliphatic heterocycles. The van der Waals surface area contributed by atoms with Crippen LogP contribution >= 0.6 is 11.6 Å². The molecule has 5 heteroatoms. The first kappa shape index (κ1) is 13.1. The number of aromatic nitrogens is 3. The molecule has 1 unspecified atom stereocenters. The van der Waals surface area contributed by atoms with Gasteiger partial charge in [0.2, 0.25) is 0 Å². The van der Waals surface area contributed by atoms with Crippen molar-refractivity contribution in [1.29, 1.82) is 0 Å². The summed E-state index contributed by atoms with van der Waals surface area (Å²) in [6.45, 7) is 4.48. The van der Waals surface area contributed by atoms with Gasteiger partial charge in [-0.25, -0.2) is 4.68 Å². The molecule has 1 N–H and O–H groups in total. The Labute approximate surface area is 111 Å². The molecule has 0 amide bonds. The van der Waals surface area contributed by atoms with Crippen molar-refractivity contribution in [1.82, 2.24) is 15.0 Å². The lowest BCUT2D eigenvalue weighted by Gasteiger charge is -2.25. The van der Waals surface area contributed by atoms with Gasteiger partial charge in [-0.05, 0) is 19.4 Å².